The second-order valence-electron chi connectivity index (χ2n) is 21.6. The normalized spacial score (nSPS) is 12.9. The highest BCUT2D eigenvalue weighted by Crippen LogP contribution is 2.16. The number of rotatable bonds is 59. The van der Waals surface area contributed by atoms with Gasteiger partial charge in [-0.3, -0.25) is 14.4 Å². The van der Waals surface area contributed by atoms with E-state index in [2.05, 4.69) is 142 Å². The number of ether oxygens (including phenoxy) is 3. The number of hydrogen-bond acceptors (Lipinski definition) is 6. The van der Waals surface area contributed by atoms with Crippen LogP contribution in [0, 0.1) is 0 Å². The molecule has 0 heterocycles. The lowest BCUT2D eigenvalue weighted by atomic mass is 10.0. The van der Waals surface area contributed by atoms with Crippen LogP contribution in [0.15, 0.2) is 122 Å². The SMILES string of the molecule is CC/C=C\C/C=C\C/C=C\C/C=C\C/C=C\C/C=C\CCCCCCCCCCCCCCC(=O)OCC(COC(=O)CCCCCCC/C=C\CCCC)OC(=O)CCCCCCCC/C=C\C/C=C\C/C=C\CCCCC. The molecule has 0 saturated carbocycles. The average molecular weight is 1100 g/mol. The maximum absolute atomic E-state index is 12.9. The molecule has 1 unspecified atom stereocenters. The molecule has 0 bridgehead atoms. The van der Waals surface area contributed by atoms with Gasteiger partial charge in [0.25, 0.3) is 0 Å². The Labute approximate surface area is 488 Å². The van der Waals surface area contributed by atoms with Gasteiger partial charge >= 0.3 is 17.9 Å². The van der Waals surface area contributed by atoms with Gasteiger partial charge in [0, 0.05) is 19.3 Å². The molecule has 6 nitrogen and oxygen atoms in total. The molecule has 0 amide bonds. The summed E-state index contributed by atoms with van der Waals surface area (Å²) in [5, 5.41) is 0. The van der Waals surface area contributed by atoms with Crippen molar-refractivity contribution in [3.63, 3.8) is 0 Å². The first-order chi connectivity index (χ1) is 39.0. The molecule has 0 spiro atoms. The minimum absolute atomic E-state index is 0.0878. The van der Waals surface area contributed by atoms with E-state index in [0.717, 1.165) is 128 Å². The van der Waals surface area contributed by atoms with Gasteiger partial charge in [0.1, 0.15) is 13.2 Å². The van der Waals surface area contributed by atoms with Crippen LogP contribution in [0.4, 0.5) is 0 Å². The molecule has 0 aliphatic carbocycles. The Bertz CT molecular complexity index is 1640. The number of unbranched alkanes of at least 4 members (excludes halogenated alkanes) is 28. The first-order valence-corrected chi connectivity index (χ1v) is 33.0. The van der Waals surface area contributed by atoms with Gasteiger partial charge in [0.2, 0.25) is 0 Å². The van der Waals surface area contributed by atoms with Gasteiger partial charge in [-0.05, 0) is 128 Å². The Morgan fingerprint density at radius 3 is 0.823 bits per heavy atom. The molecule has 0 aromatic heterocycles. The minimum atomic E-state index is -0.792. The fraction of sp³-hybridized carbons (Fsp3) is 0.685. The van der Waals surface area contributed by atoms with Crippen LogP contribution in [0.3, 0.4) is 0 Å². The van der Waals surface area contributed by atoms with E-state index in [0.29, 0.717) is 19.3 Å². The molecular formula is C73H122O6. The summed E-state index contributed by atoms with van der Waals surface area (Å²) in [6.07, 6.45) is 92.1. The van der Waals surface area contributed by atoms with Gasteiger partial charge in [-0.15, -0.1) is 0 Å². The molecule has 0 aliphatic rings. The van der Waals surface area contributed by atoms with Crippen LogP contribution in [-0.4, -0.2) is 37.2 Å². The Hall–Kier alpha value is -4.19. The number of carbonyl (C=O) groups is 3. The predicted molar refractivity (Wildman–Crippen MR) is 343 cm³/mol. The Morgan fingerprint density at radius 2 is 0.506 bits per heavy atom. The van der Waals surface area contributed by atoms with E-state index < -0.39 is 6.10 Å². The first-order valence-electron chi connectivity index (χ1n) is 33.0. The highest BCUT2D eigenvalue weighted by atomic mass is 16.6. The van der Waals surface area contributed by atoms with Crippen LogP contribution >= 0.6 is 0 Å². The zero-order chi connectivity index (χ0) is 57.1. The molecule has 0 N–H and O–H groups in total. The van der Waals surface area contributed by atoms with Gasteiger partial charge in [-0.25, -0.2) is 0 Å². The van der Waals surface area contributed by atoms with Gasteiger partial charge in [0.15, 0.2) is 6.10 Å². The minimum Gasteiger partial charge on any atom is -0.462 e. The third-order valence-corrected chi connectivity index (χ3v) is 13.9. The highest BCUT2D eigenvalue weighted by Gasteiger charge is 2.19. The molecule has 0 aliphatic heterocycles. The number of hydrogen-bond donors (Lipinski definition) is 0. The third kappa shape index (κ3) is 64.5. The summed E-state index contributed by atoms with van der Waals surface area (Å²) in [6.45, 7) is 6.45. The molecule has 0 radical (unpaired) electrons. The summed E-state index contributed by atoms with van der Waals surface area (Å²) in [5.41, 5.74) is 0. The second kappa shape index (κ2) is 66.3. The van der Waals surface area contributed by atoms with Gasteiger partial charge in [0.05, 0.1) is 0 Å². The summed E-state index contributed by atoms with van der Waals surface area (Å²) in [5.74, 6) is -0.907. The largest absolute Gasteiger partial charge is 0.462 e. The zero-order valence-electron chi connectivity index (χ0n) is 51.6. The van der Waals surface area contributed by atoms with Crippen LogP contribution in [0.5, 0.6) is 0 Å². The van der Waals surface area contributed by atoms with Crippen molar-refractivity contribution in [2.24, 2.45) is 0 Å². The fourth-order valence-corrected chi connectivity index (χ4v) is 8.96. The Balaban J connectivity index is 4.25. The Morgan fingerprint density at radius 1 is 0.266 bits per heavy atom. The topological polar surface area (TPSA) is 78.9 Å². The summed E-state index contributed by atoms with van der Waals surface area (Å²) >= 11 is 0. The lowest BCUT2D eigenvalue weighted by molar-refractivity contribution is -0.167. The van der Waals surface area contributed by atoms with Gasteiger partial charge in [-0.2, -0.15) is 0 Å². The molecule has 0 aromatic carbocycles. The molecule has 0 fully saturated rings. The summed E-state index contributed by atoms with van der Waals surface area (Å²) in [6, 6.07) is 0. The predicted octanol–water partition coefficient (Wildman–Crippen LogP) is 22.8. The second-order valence-corrected chi connectivity index (χ2v) is 21.6. The van der Waals surface area contributed by atoms with Crippen LogP contribution in [-0.2, 0) is 28.6 Å². The molecular weight excluding hydrogens is 973 g/mol. The van der Waals surface area contributed by atoms with Crippen LogP contribution in [0.2, 0.25) is 0 Å². The van der Waals surface area contributed by atoms with Crippen LogP contribution in [0.1, 0.15) is 303 Å². The molecule has 0 saturated heterocycles. The summed E-state index contributed by atoms with van der Waals surface area (Å²) in [7, 11) is 0. The summed E-state index contributed by atoms with van der Waals surface area (Å²) in [4.78, 5) is 38.3. The molecule has 1 atom stereocenters. The van der Waals surface area contributed by atoms with E-state index in [1.54, 1.807) is 0 Å². The van der Waals surface area contributed by atoms with Crippen molar-refractivity contribution < 1.29 is 28.6 Å². The van der Waals surface area contributed by atoms with E-state index in [9.17, 15) is 14.4 Å². The smallest absolute Gasteiger partial charge is 0.306 e. The van der Waals surface area contributed by atoms with Gasteiger partial charge in [-0.1, -0.05) is 277 Å². The molecule has 6 heteroatoms. The number of allylic oxidation sites excluding steroid dienone is 20. The highest BCUT2D eigenvalue weighted by molar-refractivity contribution is 5.71. The van der Waals surface area contributed by atoms with Gasteiger partial charge < -0.3 is 14.2 Å². The first kappa shape index (κ1) is 74.8. The lowest BCUT2D eigenvalue weighted by Crippen LogP contribution is -2.30. The van der Waals surface area contributed by atoms with E-state index >= 15 is 0 Å². The maximum atomic E-state index is 12.9. The molecule has 0 aromatic rings. The van der Waals surface area contributed by atoms with Crippen molar-refractivity contribution in [3.05, 3.63) is 122 Å². The Kier molecular flexibility index (Phi) is 62.8. The summed E-state index contributed by atoms with van der Waals surface area (Å²) < 4.78 is 16.9. The van der Waals surface area contributed by atoms with Crippen molar-refractivity contribution in [2.75, 3.05) is 13.2 Å². The van der Waals surface area contributed by atoms with E-state index in [4.69, 9.17) is 14.2 Å². The monoisotopic (exact) mass is 1090 g/mol. The number of esters is 3. The average Bonchev–Trinajstić information content (AvgIpc) is 3.45. The van der Waals surface area contributed by atoms with E-state index in [1.807, 2.05) is 0 Å². The van der Waals surface area contributed by atoms with Crippen molar-refractivity contribution in [2.45, 2.75) is 309 Å². The fourth-order valence-electron chi connectivity index (χ4n) is 8.96. The van der Waals surface area contributed by atoms with Crippen LogP contribution in [0.25, 0.3) is 0 Å². The van der Waals surface area contributed by atoms with Crippen molar-refractivity contribution >= 4 is 17.9 Å². The zero-order valence-corrected chi connectivity index (χ0v) is 51.6. The van der Waals surface area contributed by atoms with E-state index in [-0.39, 0.29) is 31.1 Å². The molecule has 79 heavy (non-hydrogen) atoms. The lowest BCUT2D eigenvalue weighted by Gasteiger charge is -2.18. The van der Waals surface area contributed by atoms with Crippen LogP contribution < -0.4 is 0 Å². The molecule has 450 valence electrons. The quantitative estimate of drug-likeness (QED) is 0.0261. The number of carbonyl (C=O) groups excluding carboxylic acids is 3. The van der Waals surface area contributed by atoms with Crippen molar-refractivity contribution in [1.82, 2.24) is 0 Å². The third-order valence-electron chi connectivity index (χ3n) is 13.9. The maximum Gasteiger partial charge on any atom is 0.306 e. The van der Waals surface area contributed by atoms with Crippen molar-refractivity contribution in [1.29, 1.82) is 0 Å². The van der Waals surface area contributed by atoms with E-state index in [1.165, 1.54) is 135 Å². The van der Waals surface area contributed by atoms with Crippen molar-refractivity contribution in [3.8, 4) is 0 Å². The standard InChI is InChI=1S/C73H122O6/c1-4-7-10-13-16-19-22-24-26-28-30-31-32-33-34-35-36-37-38-39-40-41-43-44-46-48-51-54-57-60-63-66-72(75)78-69-70(68-77-71(74)65-62-59-56-53-50-21-18-15-12-9-6-3)79-73(76)67-64-61-58-55-52-49-47-45-42-29-27-25-23-20-17-14-11-8-5-2/h7,10,15-20,24-27,30-31,33-34,36-37,42,45,70H,4-6,8-9,11-14,21-23,28-29,32,35,38-41,43-44,46-69H2,1-3H3/b10-7-,18-15-,19-16-,20-17-,26-24-,27-25-,31-30-,34-33-,37-36-,45-42-. The molecule has 0 rings (SSSR count).